The number of thiazole rings is 1. The molecule has 0 fully saturated rings. The monoisotopic (exact) mass is 283 g/mol. The highest BCUT2D eigenvalue weighted by atomic mass is 32.1. The van der Waals surface area contributed by atoms with Crippen molar-refractivity contribution in [2.75, 3.05) is 11.4 Å². The minimum atomic E-state index is -0.0235. The molecule has 1 N–H and O–H groups in total. The molecular formula is C15H13N3OS. The van der Waals surface area contributed by atoms with Crippen molar-refractivity contribution in [3.05, 3.63) is 52.5 Å². The van der Waals surface area contributed by atoms with Gasteiger partial charge in [-0.1, -0.05) is 36.1 Å². The molecule has 20 heavy (non-hydrogen) atoms. The van der Waals surface area contributed by atoms with Gasteiger partial charge in [0.25, 0.3) is 5.91 Å². The number of benzene rings is 1. The summed E-state index contributed by atoms with van der Waals surface area (Å²) in [5.74, 6) is -0.0235. The van der Waals surface area contributed by atoms with Crippen LogP contribution in [0.25, 0.3) is 5.70 Å². The molecule has 1 aromatic carbocycles. The smallest absolute Gasteiger partial charge is 0.265 e. The Morgan fingerprint density at radius 3 is 2.85 bits per heavy atom. The number of hydrogen-bond donors (Lipinski definition) is 1. The maximum absolute atomic E-state index is 12.5. The standard InChI is InChI=1S/C15H13N3OS/c1-9-10-4-2-3-5-11(10)14(19)18(9)15-17-12-6-7-16-8-13(12)20-15/h2-5,16H,1,6-8H2. The predicted octanol–water partition coefficient (Wildman–Crippen LogP) is 2.42. The lowest BCUT2D eigenvalue weighted by Crippen LogP contribution is -2.23. The third-order valence-electron chi connectivity index (χ3n) is 3.72. The summed E-state index contributed by atoms with van der Waals surface area (Å²) < 4.78 is 0. The van der Waals surface area contributed by atoms with E-state index >= 15 is 0 Å². The molecular weight excluding hydrogens is 270 g/mol. The van der Waals surface area contributed by atoms with E-state index in [2.05, 4.69) is 16.9 Å². The molecule has 5 heteroatoms. The summed E-state index contributed by atoms with van der Waals surface area (Å²) in [7, 11) is 0. The highest BCUT2D eigenvalue weighted by molar-refractivity contribution is 7.16. The van der Waals surface area contributed by atoms with Crippen LogP contribution in [-0.2, 0) is 13.0 Å². The van der Waals surface area contributed by atoms with E-state index in [1.165, 1.54) is 4.88 Å². The third kappa shape index (κ3) is 1.57. The van der Waals surface area contributed by atoms with Gasteiger partial charge >= 0.3 is 0 Å². The summed E-state index contributed by atoms with van der Waals surface area (Å²) >= 11 is 1.58. The summed E-state index contributed by atoms with van der Waals surface area (Å²) in [6.45, 7) is 5.86. The van der Waals surface area contributed by atoms with Gasteiger partial charge in [0, 0.05) is 35.5 Å². The first-order chi connectivity index (χ1) is 9.75. The molecule has 3 heterocycles. The van der Waals surface area contributed by atoms with E-state index in [0.717, 1.165) is 41.6 Å². The summed E-state index contributed by atoms with van der Waals surface area (Å²) in [5.41, 5.74) is 3.46. The van der Waals surface area contributed by atoms with E-state index in [1.54, 1.807) is 16.2 Å². The molecule has 0 spiro atoms. The second kappa shape index (κ2) is 4.26. The van der Waals surface area contributed by atoms with Gasteiger partial charge in [-0.05, 0) is 6.07 Å². The van der Waals surface area contributed by atoms with Crippen molar-refractivity contribution < 1.29 is 4.79 Å². The van der Waals surface area contributed by atoms with Crippen LogP contribution in [0.4, 0.5) is 5.13 Å². The van der Waals surface area contributed by atoms with Gasteiger partial charge in [0.2, 0.25) is 0 Å². The van der Waals surface area contributed by atoms with Crippen LogP contribution in [-0.4, -0.2) is 17.4 Å². The van der Waals surface area contributed by atoms with E-state index in [-0.39, 0.29) is 5.91 Å². The van der Waals surface area contributed by atoms with Crippen LogP contribution in [0.3, 0.4) is 0 Å². The van der Waals surface area contributed by atoms with Crippen LogP contribution in [0.2, 0.25) is 0 Å². The Bertz CT molecular complexity index is 676. The van der Waals surface area contributed by atoms with Crippen molar-refractivity contribution >= 4 is 28.1 Å². The Labute approximate surface area is 120 Å². The number of nitrogens with zero attached hydrogens (tertiary/aromatic N) is 2. The van der Waals surface area contributed by atoms with Gasteiger partial charge < -0.3 is 5.32 Å². The highest BCUT2D eigenvalue weighted by Crippen LogP contribution is 2.38. The average Bonchev–Trinajstić information content (AvgIpc) is 3.00. The number of carbonyl (C=O) groups is 1. The minimum absolute atomic E-state index is 0.0235. The Morgan fingerprint density at radius 2 is 2.10 bits per heavy atom. The van der Waals surface area contributed by atoms with Crippen molar-refractivity contribution in [3.63, 3.8) is 0 Å². The van der Waals surface area contributed by atoms with E-state index in [0.29, 0.717) is 5.56 Å². The van der Waals surface area contributed by atoms with E-state index in [4.69, 9.17) is 0 Å². The first-order valence-corrected chi connectivity index (χ1v) is 7.39. The fraction of sp³-hybridized carbons (Fsp3) is 0.200. The molecule has 0 atom stereocenters. The van der Waals surface area contributed by atoms with E-state index < -0.39 is 0 Å². The van der Waals surface area contributed by atoms with Gasteiger partial charge in [0.15, 0.2) is 5.13 Å². The molecule has 2 aromatic rings. The zero-order chi connectivity index (χ0) is 13.7. The fourth-order valence-electron chi connectivity index (χ4n) is 2.69. The van der Waals surface area contributed by atoms with Crippen LogP contribution in [0.1, 0.15) is 26.5 Å². The van der Waals surface area contributed by atoms with Gasteiger partial charge in [-0.3, -0.25) is 9.69 Å². The van der Waals surface area contributed by atoms with Crippen LogP contribution in [0, 0.1) is 0 Å². The Kier molecular flexibility index (Phi) is 2.52. The second-order valence-corrected chi connectivity index (χ2v) is 5.99. The number of hydrogen-bond acceptors (Lipinski definition) is 4. The maximum Gasteiger partial charge on any atom is 0.265 e. The lowest BCUT2D eigenvalue weighted by Gasteiger charge is -2.13. The lowest BCUT2D eigenvalue weighted by atomic mass is 10.1. The summed E-state index contributed by atoms with van der Waals surface area (Å²) in [6, 6.07) is 7.59. The van der Waals surface area contributed by atoms with Crippen LogP contribution < -0.4 is 10.2 Å². The van der Waals surface area contributed by atoms with Crippen LogP contribution in [0.15, 0.2) is 30.8 Å². The normalized spacial score (nSPS) is 17.3. The topological polar surface area (TPSA) is 45.2 Å². The number of amides is 1. The molecule has 4 nitrogen and oxygen atoms in total. The number of nitrogens with one attached hydrogen (secondary N) is 1. The quantitative estimate of drug-likeness (QED) is 0.874. The SMILES string of the molecule is C=C1c2ccccc2C(=O)N1c1nc2c(s1)CNCC2. The summed E-state index contributed by atoms with van der Waals surface area (Å²) in [4.78, 5) is 20.0. The van der Waals surface area contributed by atoms with E-state index in [1.807, 2.05) is 24.3 Å². The zero-order valence-electron chi connectivity index (χ0n) is 10.8. The average molecular weight is 283 g/mol. The van der Waals surface area contributed by atoms with Crippen molar-refractivity contribution in [2.45, 2.75) is 13.0 Å². The lowest BCUT2D eigenvalue weighted by molar-refractivity contribution is 0.101. The van der Waals surface area contributed by atoms with Gasteiger partial charge in [0.05, 0.1) is 11.4 Å². The largest absolute Gasteiger partial charge is 0.311 e. The first-order valence-electron chi connectivity index (χ1n) is 6.58. The van der Waals surface area contributed by atoms with Gasteiger partial charge in [-0.15, -0.1) is 0 Å². The molecule has 0 unspecified atom stereocenters. The van der Waals surface area contributed by atoms with Crippen LogP contribution >= 0.6 is 11.3 Å². The highest BCUT2D eigenvalue weighted by Gasteiger charge is 2.34. The number of carbonyl (C=O) groups excluding carboxylic acids is 1. The Balaban J connectivity index is 1.79. The molecule has 1 aromatic heterocycles. The molecule has 0 radical (unpaired) electrons. The van der Waals surface area contributed by atoms with Crippen LogP contribution in [0.5, 0.6) is 0 Å². The predicted molar refractivity (Wildman–Crippen MR) is 79.8 cm³/mol. The molecule has 2 aliphatic rings. The first kappa shape index (κ1) is 11.8. The maximum atomic E-state index is 12.5. The third-order valence-corrected chi connectivity index (χ3v) is 4.81. The molecule has 0 saturated carbocycles. The van der Waals surface area contributed by atoms with Crippen molar-refractivity contribution in [1.29, 1.82) is 0 Å². The van der Waals surface area contributed by atoms with Crippen molar-refractivity contribution in [1.82, 2.24) is 10.3 Å². The number of rotatable bonds is 1. The Morgan fingerprint density at radius 1 is 1.30 bits per heavy atom. The molecule has 0 bridgehead atoms. The molecule has 0 saturated heterocycles. The summed E-state index contributed by atoms with van der Waals surface area (Å²) in [6.07, 6.45) is 0.924. The molecule has 1 amide bonds. The Hall–Kier alpha value is -1.98. The molecule has 100 valence electrons. The van der Waals surface area contributed by atoms with Gasteiger partial charge in [0.1, 0.15) is 0 Å². The van der Waals surface area contributed by atoms with Crippen molar-refractivity contribution in [2.24, 2.45) is 0 Å². The molecule has 0 aliphatic carbocycles. The number of aromatic nitrogens is 1. The zero-order valence-corrected chi connectivity index (χ0v) is 11.7. The second-order valence-electron chi connectivity index (χ2n) is 4.93. The fourth-order valence-corrected chi connectivity index (χ4v) is 3.79. The van der Waals surface area contributed by atoms with Gasteiger partial charge in [-0.25, -0.2) is 4.98 Å². The molecule has 2 aliphatic heterocycles. The summed E-state index contributed by atoms with van der Waals surface area (Å²) in [5, 5.41) is 4.07. The van der Waals surface area contributed by atoms with Crippen molar-refractivity contribution in [3.8, 4) is 0 Å². The minimum Gasteiger partial charge on any atom is -0.311 e. The molecule has 4 rings (SSSR count). The van der Waals surface area contributed by atoms with Gasteiger partial charge in [-0.2, -0.15) is 0 Å². The number of anilines is 1. The van der Waals surface area contributed by atoms with E-state index in [9.17, 15) is 4.79 Å². The number of fused-ring (bicyclic) bond motifs is 2.